The Bertz CT molecular complexity index is 1250. The number of hydrogen-bond acceptors (Lipinski definition) is 8. The van der Waals surface area contributed by atoms with E-state index < -0.39 is 5.82 Å². The first kappa shape index (κ1) is 18.2. The molecule has 0 aliphatic heterocycles. The minimum Gasteiger partial charge on any atom is -0.381 e. The van der Waals surface area contributed by atoms with E-state index in [0.717, 1.165) is 0 Å². The van der Waals surface area contributed by atoms with E-state index in [4.69, 9.17) is 5.73 Å². The summed E-state index contributed by atoms with van der Waals surface area (Å²) in [5, 5.41) is 21.4. The number of anilines is 1. The number of rotatable bonds is 4. The second-order valence-electron chi connectivity index (χ2n) is 6.32. The van der Waals surface area contributed by atoms with Gasteiger partial charge in [-0.2, -0.15) is 10.4 Å². The molecule has 0 bridgehead atoms. The van der Waals surface area contributed by atoms with Crippen molar-refractivity contribution in [3.8, 4) is 28.8 Å². The van der Waals surface area contributed by atoms with E-state index in [2.05, 4.69) is 36.4 Å². The van der Waals surface area contributed by atoms with E-state index in [1.54, 1.807) is 43.2 Å². The van der Waals surface area contributed by atoms with Gasteiger partial charge < -0.3 is 5.73 Å². The van der Waals surface area contributed by atoms with Gasteiger partial charge in [-0.25, -0.2) is 24.0 Å². The molecule has 0 spiro atoms. The molecule has 144 valence electrons. The van der Waals surface area contributed by atoms with Crippen LogP contribution < -0.4 is 5.73 Å². The summed E-state index contributed by atoms with van der Waals surface area (Å²) in [6, 6.07) is 7.24. The van der Waals surface area contributed by atoms with Gasteiger partial charge in [-0.3, -0.25) is 4.68 Å². The van der Waals surface area contributed by atoms with Gasteiger partial charge in [0.05, 0.1) is 17.8 Å². The van der Waals surface area contributed by atoms with Crippen LogP contribution in [0.3, 0.4) is 0 Å². The molecule has 0 aliphatic rings. The van der Waals surface area contributed by atoms with Gasteiger partial charge >= 0.3 is 0 Å². The highest BCUT2D eigenvalue weighted by Crippen LogP contribution is 2.28. The lowest BCUT2D eigenvalue weighted by atomic mass is 10.0. The van der Waals surface area contributed by atoms with Gasteiger partial charge in [0.25, 0.3) is 0 Å². The molecule has 4 rings (SSSR count). The fraction of sp³-hybridized carbons (Fsp3) is 0.167. The number of benzene rings is 1. The predicted octanol–water partition coefficient (Wildman–Crippen LogP) is 1.48. The molecule has 10 nitrogen and oxygen atoms in total. The fourth-order valence-electron chi connectivity index (χ4n) is 2.84. The molecule has 0 saturated carbocycles. The first-order valence-corrected chi connectivity index (χ1v) is 8.54. The van der Waals surface area contributed by atoms with Crippen LogP contribution in [0.25, 0.3) is 22.8 Å². The van der Waals surface area contributed by atoms with Crippen molar-refractivity contribution in [3.05, 3.63) is 53.5 Å². The highest BCUT2D eigenvalue weighted by atomic mass is 19.1. The Hall–Kier alpha value is -4.20. The van der Waals surface area contributed by atoms with Crippen LogP contribution >= 0.6 is 0 Å². The zero-order chi connectivity index (χ0) is 20.5. The van der Waals surface area contributed by atoms with Crippen molar-refractivity contribution in [2.45, 2.75) is 13.5 Å². The molecule has 11 heteroatoms. The maximum Gasteiger partial charge on any atom is 0.193 e. The molecule has 3 heterocycles. The molecule has 0 unspecified atom stereocenters. The van der Waals surface area contributed by atoms with Crippen molar-refractivity contribution in [2.24, 2.45) is 7.05 Å². The maximum absolute atomic E-state index is 14.7. The summed E-state index contributed by atoms with van der Waals surface area (Å²) in [5.41, 5.74) is 7.64. The number of nitrogens with two attached hydrogens (primary N) is 1. The molecule has 0 fully saturated rings. The Kier molecular flexibility index (Phi) is 4.44. The lowest BCUT2D eigenvalue weighted by molar-refractivity contribution is 0.616. The first-order chi connectivity index (χ1) is 14.0. The van der Waals surface area contributed by atoms with Crippen LogP contribution in [0.15, 0.2) is 30.7 Å². The van der Waals surface area contributed by atoms with Crippen molar-refractivity contribution >= 4 is 5.82 Å². The van der Waals surface area contributed by atoms with Crippen LogP contribution in [0.1, 0.15) is 17.0 Å². The van der Waals surface area contributed by atoms with Crippen LogP contribution in [0.4, 0.5) is 10.2 Å². The van der Waals surface area contributed by atoms with Gasteiger partial charge in [-0.05, 0) is 18.6 Å². The fourth-order valence-corrected chi connectivity index (χ4v) is 2.84. The van der Waals surface area contributed by atoms with Crippen LogP contribution in [0.2, 0.25) is 0 Å². The van der Waals surface area contributed by atoms with Gasteiger partial charge in [0.15, 0.2) is 23.3 Å². The average Bonchev–Trinajstić information content (AvgIpc) is 3.33. The number of aryl methyl sites for hydroxylation is 1. The Morgan fingerprint density at radius 3 is 2.83 bits per heavy atom. The summed E-state index contributed by atoms with van der Waals surface area (Å²) in [4.78, 5) is 12.5. The number of nitrogen functional groups attached to an aromatic ring is 1. The van der Waals surface area contributed by atoms with E-state index in [1.807, 2.05) is 0 Å². The zero-order valence-corrected chi connectivity index (χ0v) is 15.6. The smallest absolute Gasteiger partial charge is 0.193 e. The van der Waals surface area contributed by atoms with Crippen molar-refractivity contribution in [3.63, 3.8) is 0 Å². The van der Waals surface area contributed by atoms with Crippen molar-refractivity contribution in [1.29, 1.82) is 5.26 Å². The Balaban J connectivity index is 1.75. The third kappa shape index (κ3) is 3.39. The van der Waals surface area contributed by atoms with Crippen LogP contribution in [-0.2, 0) is 13.6 Å². The quantitative estimate of drug-likeness (QED) is 0.553. The molecule has 2 N–H and O–H groups in total. The number of halogens is 1. The van der Waals surface area contributed by atoms with E-state index in [-0.39, 0.29) is 29.6 Å². The number of aromatic nitrogens is 8. The molecular formula is C18H15FN10. The maximum atomic E-state index is 14.7. The number of hydrogen-bond donors (Lipinski definition) is 1. The molecule has 4 aromatic rings. The highest BCUT2D eigenvalue weighted by Gasteiger charge is 2.19. The molecule has 0 radical (unpaired) electrons. The summed E-state index contributed by atoms with van der Waals surface area (Å²) in [6.45, 7) is 2.04. The molecular weight excluding hydrogens is 375 g/mol. The second-order valence-corrected chi connectivity index (χ2v) is 6.32. The lowest BCUT2D eigenvalue weighted by Crippen LogP contribution is -2.04. The molecule has 0 amide bonds. The third-order valence-corrected chi connectivity index (χ3v) is 4.30. The van der Waals surface area contributed by atoms with Gasteiger partial charge in [0.1, 0.15) is 24.3 Å². The standard InChI is InChI=1S/C18H15FN10/c1-10-11(6-20)4-3-5-12(10)18-23-16(15(19)17(21)24-18)13-7-29(27-25-13)8-14-22-9-28(2)26-14/h3-5,7,9H,8H2,1-2H3,(H2,21,23,24). The summed E-state index contributed by atoms with van der Waals surface area (Å²) in [6.07, 6.45) is 3.10. The molecule has 3 aromatic heterocycles. The normalized spacial score (nSPS) is 10.8. The van der Waals surface area contributed by atoms with Crippen molar-refractivity contribution in [2.75, 3.05) is 5.73 Å². The van der Waals surface area contributed by atoms with E-state index in [0.29, 0.717) is 22.5 Å². The van der Waals surface area contributed by atoms with Gasteiger partial charge in [0.2, 0.25) is 0 Å². The Morgan fingerprint density at radius 1 is 1.28 bits per heavy atom. The molecule has 0 aliphatic carbocycles. The van der Waals surface area contributed by atoms with E-state index in [1.165, 1.54) is 10.9 Å². The Labute approximate surface area is 164 Å². The SMILES string of the molecule is Cc1c(C#N)cccc1-c1nc(N)c(F)c(-c2cn(Cc3ncn(C)n3)nn2)n1. The van der Waals surface area contributed by atoms with Gasteiger partial charge in [-0.15, -0.1) is 5.10 Å². The topological polar surface area (TPSA) is 137 Å². The molecule has 1 aromatic carbocycles. The highest BCUT2D eigenvalue weighted by molar-refractivity contribution is 5.69. The lowest BCUT2D eigenvalue weighted by Gasteiger charge is -2.09. The minimum absolute atomic E-state index is 0.0745. The minimum atomic E-state index is -0.786. The first-order valence-electron chi connectivity index (χ1n) is 8.54. The molecule has 0 saturated heterocycles. The van der Waals surface area contributed by atoms with Crippen LogP contribution in [0, 0.1) is 24.1 Å². The van der Waals surface area contributed by atoms with E-state index >= 15 is 0 Å². The molecule has 0 atom stereocenters. The summed E-state index contributed by atoms with van der Waals surface area (Å²) < 4.78 is 17.7. The van der Waals surface area contributed by atoms with Gasteiger partial charge in [0, 0.05) is 12.6 Å². The average molecular weight is 390 g/mol. The summed E-state index contributed by atoms with van der Waals surface area (Å²) >= 11 is 0. The van der Waals surface area contributed by atoms with Crippen molar-refractivity contribution in [1.82, 2.24) is 39.7 Å². The monoisotopic (exact) mass is 390 g/mol. The second kappa shape index (κ2) is 7.08. The summed E-state index contributed by atoms with van der Waals surface area (Å²) in [7, 11) is 1.76. The van der Waals surface area contributed by atoms with E-state index in [9.17, 15) is 9.65 Å². The zero-order valence-electron chi connectivity index (χ0n) is 15.6. The van der Waals surface area contributed by atoms with Crippen LogP contribution in [-0.4, -0.2) is 39.7 Å². The molecule has 29 heavy (non-hydrogen) atoms. The number of nitriles is 1. The summed E-state index contributed by atoms with van der Waals surface area (Å²) in [5.74, 6) is -0.357. The Morgan fingerprint density at radius 2 is 2.10 bits per heavy atom. The predicted molar refractivity (Wildman–Crippen MR) is 100 cm³/mol. The van der Waals surface area contributed by atoms with Crippen LogP contribution in [0.5, 0.6) is 0 Å². The van der Waals surface area contributed by atoms with Gasteiger partial charge in [-0.1, -0.05) is 17.3 Å². The third-order valence-electron chi connectivity index (χ3n) is 4.30. The van der Waals surface area contributed by atoms with Crippen molar-refractivity contribution < 1.29 is 4.39 Å². The number of nitrogens with zero attached hydrogens (tertiary/aromatic N) is 9. The largest absolute Gasteiger partial charge is 0.381 e.